The molecule has 0 radical (unpaired) electrons. The first-order valence-electron chi connectivity index (χ1n) is 7.28. The minimum atomic E-state index is -0.257. The number of hydrogen-bond donors (Lipinski definition) is 2. The third-order valence-electron chi connectivity index (χ3n) is 4.00. The zero-order chi connectivity index (χ0) is 13.9. The summed E-state index contributed by atoms with van der Waals surface area (Å²) in [7, 11) is 0. The van der Waals surface area contributed by atoms with Gasteiger partial charge in [0.1, 0.15) is 0 Å². The van der Waals surface area contributed by atoms with E-state index >= 15 is 0 Å². The van der Waals surface area contributed by atoms with Crippen molar-refractivity contribution in [2.75, 3.05) is 19.7 Å². The van der Waals surface area contributed by atoms with E-state index in [-0.39, 0.29) is 5.97 Å². The Kier molecular flexibility index (Phi) is 3.74. The van der Waals surface area contributed by atoms with Gasteiger partial charge in [0, 0.05) is 17.1 Å². The van der Waals surface area contributed by atoms with Crippen LogP contribution >= 0.6 is 0 Å². The van der Waals surface area contributed by atoms with Crippen LogP contribution in [0.2, 0.25) is 0 Å². The van der Waals surface area contributed by atoms with Crippen molar-refractivity contribution >= 4 is 16.9 Å². The number of nitrogens with one attached hydrogen (secondary N) is 2. The van der Waals surface area contributed by atoms with Crippen LogP contribution in [0, 0.1) is 0 Å². The molecule has 1 aromatic heterocycles. The predicted molar refractivity (Wildman–Crippen MR) is 79.1 cm³/mol. The van der Waals surface area contributed by atoms with Crippen LogP contribution in [0.3, 0.4) is 0 Å². The molecule has 20 heavy (non-hydrogen) atoms. The molecule has 1 aromatic carbocycles. The molecule has 4 heteroatoms. The average Bonchev–Trinajstić information content (AvgIpc) is 2.91. The molecule has 0 spiro atoms. The number of H-pyrrole nitrogens is 1. The van der Waals surface area contributed by atoms with Crippen molar-refractivity contribution in [3.05, 3.63) is 35.5 Å². The highest BCUT2D eigenvalue weighted by molar-refractivity contribution is 5.95. The summed E-state index contributed by atoms with van der Waals surface area (Å²) in [6.45, 7) is 4.39. The van der Waals surface area contributed by atoms with E-state index < -0.39 is 0 Å². The fraction of sp³-hybridized carbons (Fsp3) is 0.438. The monoisotopic (exact) mass is 272 g/mol. The summed E-state index contributed by atoms with van der Waals surface area (Å²) in [6.07, 6.45) is 4.44. The smallest absolute Gasteiger partial charge is 0.338 e. The molecule has 1 aliphatic rings. The maximum absolute atomic E-state index is 11.8. The second-order valence-electron chi connectivity index (χ2n) is 5.25. The number of rotatable bonds is 3. The van der Waals surface area contributed by atoms with Gasteiger partial charge in [0.2, 0.25) is 0 Å². The molecular formula is C16H20N2O2. The third kappa shape index (κ3) is 2.43. The Morgan fingerprint density at radius 3 is 2.90 bits per heavy atom. The van der Waals surface area contributed by atoms with Gasteiger partial charge in [0.25, 0.3) is 0 Å². The lowest BCUT2D eigenvalue weighted by Gasteiger charge is -2.22. The van der Waals surface area contributed by atoms with Gasteiger partial charge in [-0.25, -0.2) is 4.79 Å². The van der Waals surface area contributed by atoms with Crippen LogP contribution < -0.4 is 5.32 Å². The molecule has 4 nitrogen and oxygen atoms in total. The lowest BCUT2D eigenvalue weighted by atomic mass is 9.90. The molecule has 1 aliphatic heterocycles. The highest BCUT2D eigenvalue weighted by atomic mass is 16.5. The van der Waals surface area contributed by atoms with Crippen LogP contribution in [-0.4, -0.2) is 30.6 Å². The van der Waals surface area contributed by atoms with Gasteiger partial charge >= 0.3 is 5.97 Å². The molecule has 0 bridgehead atoms. The van der Waals surface area contributed by atoms with Crippen molar-refractivity contribution in [2.24, 2.45) is 0 Å². The zero-order valence-corrected chi connectivity index (χ0v) is 11.7. The molecule has 106 valence electrons. The quantitative estimate of drug-likeness (QED) is 0.845. The van der Waals surface area contributed by atoms with Gasteiger partial charge in [0.15, 0.2) is 0 Å². The van der Waals surface area contributed by atoms with E-state index in [0.717, 1.165) is 18.6 Å². The van der Waals surface area contributed by atoms with E-state index in [1.165, 1.54) is 23.8 Å². The standard InChI is InChI=1S/C16H20N2O2/c1-2-20-16(19)12-3-4-13-14(10-18-15(13)9-12)11-5-7-17-8-6-11/h3-4,9-11,17-18H,2,5-8H2,1H3. The van der Waals surface area contributed by atoms with Crippen LogP contribution in [0.5, 0.6) is 0 Å². The summed E-state index contributed by atoms with van der Waals surface area (Å²) in [6, 6.07) is 5.78. The molecule has 3 rings (SSSR count). The second-order valence-corrected chi connectivity index (χ2v) is 5.25. The van der Waals surface area contributed by atoms with Crippen molar-refractivity contribution in [2.45, 2.75) is 25.7 Å². The summed E-state index contributed by atoms with van der Waals surface area (Å²) in [5, 5.41) is 4.62. The molecule has 1 saturated heterocycles. The number of carbonyl (C=O) groups excluding carboxylic acids is 1. The number of aromatic nitrogens is 1. The third-order valence-corrected chi connectivity index (χ3v) is 4.00. The van der Waals surface area contributed by atoms with E-state index in [2.05, 4.69) is 16.5 Å². The van der Waals surface area contributed by atoms with Gasteiger partial charge in [-0.3, -0.25) is 0 Å². The van der Waals surface area contributed by atoms with Crippen LogP contribution in [0.1, 0.15) is 41.6 Å². The van der Waals surface area contributed by atoms with Gasteiger partial charge < -0.3 is 15.0 Å². The molecule has 0 unspecified atom stereocenters. The molecule has 0 amide bonds. The van der Waals surface area contributed by atoms with Gasteiger partial charge in [-0.2, -0.15) is 0 Å². The van der Waals surface area contributed by atoms with Gasteiger partial charge in [-0.05, 0) is 56.5 Å². The van der Waals surface area contributed by atoms with Crippen molar-refractivity contribution < 1.29 is 9.53 Å². The highest BCUT2D eigenvalue weighted by Gasteiger charge is 2.19. The molecule has 2 heterocycles. The van der Waals surface area contributed by atoms with Crippen molar-refractivity contribution in [3.63, 3.8) is 0 Å². The van der Waals surface area contributed by atoms with E-state index in [1.54, 1.807) is 0 Å². The molecule has 0 atom stereocenters. The first kappa shape index (κ1) is 13.2. The van der Waals surface area contributed by atoms with E-state index in [0.29, 0.717) is 18.1 Å². The Hall–Kier alpha value is -1.81. The summed E-state index contributed by atoms with van der Waals surface area (Å²) >= 11 is 0. The summed E-state index contributed by atoms with van der Waals surface area (Å²) in [4.78, 5) is 15.0. The lowest BCUT2D eigenvalue weighted by molar-refractivity contribution is 0.0526. The molecule has 0 aliphatic carbocycles. The zero-order valence-electron chi connectivity index (χ0n) is 11.7. The van der Waals surface area contributed by atoms with Crippen LogP contribution in [0.15, 0.2) is 24.4 Å². The number of esters is 1. The van der Waals surface area contributed by atoms with Gasteiger partial charge in [0.05, 0.1) is 12.2 Å². The van der Waals surface area contributed by atoms with Gasteiger partial charge in [-0.15, -0.1) is 0 Å². The van der Waals surface area contributed by atoms with Crippen molar-refractivity contribution in [1.29, 1.82) is 0 Å². The van der Waals surface area contributed by atoms with E-state index in [4.69, 9.17) is 4.74 Å². The summed E-state index contributed by atoms with van der Waals surface area (Å²) in [5.41, 5.74) is 3.00. The molecule has 2 aromatic rings. The number of fused-ring (bicyclic) bond motifs is 1. The minimum Gasteiger partial charge on any atom is -0.462 e. The SMILES string of the molecule is CCOC(=O)c1ccc2c(C3CCNCC3)c[nH]c2c1. The Morgan fingerprint density at radius 1 is 1.35 bits per heavy atom. The fourth-order valence-corrected chi connectivity index (χ4v) is 2.96. The summed E-state index contributed by atoms with van der Waals surface area (Å²) < 4.78 is 5.04. The Balaban J connectivity index is 1.91. The predicted octanol–water partition coefficient (Wildman–Crippen LogP) is 2.81. The Labute approximate surface area is 118 Å². The molecule has 1 fully saturated rings. The molecule has 2 N–H and O–H groups in total. The normalized spacial score (nSPS) is 16.4. The number of carbonyl (C=O) groups is 1. The van der Waals surface area contributed by atoms with Crippen LogP contribution in [-0.2, 0) is 4.74 Å². The fourth-order valence-electron chi connectivity index (χ4n) is 2.96. The Morgan fingerprint density at radius 2 is 2.15 bits per heavy atom. The topological polar surface area (TPSA) is 54.1 Å². The first-order valence-corrected chi connectivity index (χ1v) is 7.28. The lowest BCUT2D eigenvalue weighted by Crippen LogP contribution is -2.26. The maximum atomic E-state index is 11.8. The number of hydrogen-bond acceptors (Lipinski definition) is 3. The average molecular weight is 272 g/mol. The molecular weight excluding hydrogens is 252 g/mol. The van der Waals surface area contributed by atoms with Crippen molar-refractivity contribution in [1.82, 2.24) is 10.3 Å². The first-order chi connectivity index (χ1) is 9.79. The molecule has 0 saturated carbocycles. The van der Waals surface area contributed by atoms with Gasteiger partial charge in [-0.1, -0.05) is 6.07 Å². The van der Waals surface area contributed by atoms with E-state index in [1.807, 2.05) is 25.1 Å². The maximum Gasteiger partial charge on any atom is 0.338 e. The highest BCUT2D eigenvalue weighted by Crippen LogP contribution is 2.31. The number of benzene rings is 1. The van der Waals surface area contributed by atoms with Crippen LogP contribution in [0.25, 0.3) is 10.9 Å². The van der Waals surface area contributed by atoms with Crippen LogP contribution in [0.4, 0.5) is 0 Å². The van der Waals surface area contributed by atoms with E-state index in [9.17, 15) is 4.79 Å². The number of aromatic amines is 1. The van der Waals surface area contributed by atoms with Crippen molar-refractivity contribution in [3.8, 4) is 0 Å². The summed E-state index contributed by atoms with van der Waals surface area (Å²) in [5.74, 6) is 0.353. The number of ether oxygens (including phenoxy) is 1. The largest absolute Gasteiger partial charge is 0.462 e. The Bertz CT molecular complexity index is 612. The second kappa shape index (κ2) is 5.67. The number of piperidine rings is 1. The minimum absolute atomic E-state index is 0.257.